The number of piperazine rings is 1. The van der Waals surface area contributed by atoms with Crippen LogP contribution >= 0.6 is 23.2 Å². The monoisotopic (exact) mass is 380 g/mol. The van der Waals surface area contributed by atoms with Gasteiger partial charge in [-0.3, -0.25) is 9.59 Å². The molecule has 25 heavy (non-hydrogen) atoms. The van der Waals surface area contributed by atoms with Crippen LogP contribution in [0.2, 0.25) is 10.0 Å². The molecule has 1 aromatic heterocycles. The van der Waals surface area contributed by atoms with Crippen molar-refractivity contribution in [3.63, 3.8) is 0 Å². The quantitative estimate of drug-likeness (QED) is 0.818. The fourth-order valence-electron chi connectivity index (χ4n) is 2.82. The molecular formula is C17H18Cl2N4O2. The summed E-state index contributed by atoms with van der Waals surface area (Å²) >= 11 is 11.6. The summed E-state index contributed by atoms with van der Waals surface area (Å²) in [7, 11) is 0. The van der Waals surface area contributed by atoms with Crippen LogP contribution in [-0.2, 0) is 11.3 Å². The number of anilines is 1. The van der Waals surface area contributed by atoms with Crippen LogP contribution in [0.3, 0.4) is 0 Å². The highest BCUT2D eigenvalue weighted by molar-refractivity contribution is 6.41. The lowest BCUT2D eigenvalue weighted by atomic mass is 10.2. The summed E-state index contributed by atoms with van der Waals surface area (Å²) in [6.07, 6.45) is 1.27. The third kappa shape index (κ3) is 3.96. The van der Waals surface area contributed by atoms with Gasteiger partial charge in [0.05, 0.1) is 11.2 Å². The number of halogens is 2. The highest BCUT2D eigenvalue weighted by Gasteiger charge is 2.22. The molecule has 0 aliphatic carbocycles. The van der Waals surface area contributed by atoms with Gasteiger partial charge in [0, 0.05) is 31.9 Å². The first-order valence-electron chi connectivity index (χ1n) is 7.96. The molecule has 3 rings (SSSR count). The Kier molecular flexibility index (Phi) is 5.30. The van der Waals surface area contributed by atoms with Crippen LogP contribution in [0.15, 0.2) is 35.3 Å². The third-order valence-electron chi connectivity index (χ3n) is 4.23. The first kappa shape index (κ1) is 17.8. The van der Waals surface area contributed by atoms with E-state index in [9.17, 15) is 9.59 Å². The number of carbonyl (C=O) groups is 1. The molecular weight excluding hydrogens is 363 g/mol. The van der Waals surface area contributed by atoms with Gasteiger partial charge < -0.3 is 9.80 Å². The molecule has 1 aromatic carbocycles. The number of rotatable bonds is 3. The summed E-state index contributed by atoms with van der Waals surface area (Å²) in [4.78, 5) is 28.4. The summed E-state index contributed by atoms with van der Waals surface area (Å²) in [5, 5.41) is 3.84. The van der Waals surface area contributed by atoms with Crippen LogP contribution in [-0.4, -0.2) is 46.8 Å². The average molecular weight is 381 g/mol. The van der Waals surface area contributed by atoms with Gasteiger partial charge in [-0.15, -0.1) is 0 Å². The van der Waals surface area contributed by atoms with Crippen molar-refractivity contribution in [2.45, 2.75) is 13.5 Å². The first-order valence-corrected chi connectivity index (χ1v) is 8.72. The normalized spacial score (nSPS) is 14.7. The fraction of sp³-hybridized carbons (Fsp3) is 0.353. The molecule has 0 bridgehead atoms. The van der Waals surface area contributed by atoms with E-state index < -0.39 is 5.56 Å². The van der Waals surface area contributed by atoms with Crippen molar-refractivity contribution in [1.82, 2.24) is 14.7 Å². The van der Waals surface area contributed by atoms with E-state index in [1.807, 2.05) is 6.07 Å². The number of carbonyl (C=O) groups excluding carboxylic acids is 1. The molecule has 0 spiro atoms. The number of benzene rings is 1. The number of aromatic nitrogens is 2. The summed E-state index contributed by atoms with van der Waals surface area (Å²) in [6.45, 7) is 4.62. The van der Waals surface area contributed by atoms with Crippen molar-refractivity contribution in [1.29, 1.82) is 0 Å². The maximum atomic E-state index is 12.4. The van der Waals surface area contributed by atoms with Crippen LogP contribution < -0.4 is 10.5 Å². The number of aryl methyl sites for hydroxylation is 1. The fourth-order valence-corrected chi connectivity index (χ4v) is 3.10. The Morgan fingerprint density at radius 3 is 2.60 bits per heavy atom. The van der Waals surface area contributed by atoms with Crippen LogP contribution in [0.5, 0.6) is 0 Å². The maximum Gasteiger partial charge on any atom is 0.287 e. The van der Waals surface area contributed by atoms with E-state index in [1.54, 1.807) is 4.90 Å². The van der Waals surface area contributed by atoms with Crippen LogP contribution in [0.1, 0.15) is 5.56 Å². The lowest BCUT2D eigenvalue weighted by molar-refractivity contribution is -0.132. The molecule has 0 saturated carbocycles. The van der Waals surface area contributed by atoms with Gasteiger partial charge in [-0.05, 0) is 24.6 Å². The molecule has 0 atom stereocenters. The summed E-state index contributed by atoms with van der Waals surface area (Å²) in [6, 6.07) is 8.30. The van der Waals surface area contributed by atoms with E-state index in [1.165, 1.54) is 11.8 Å². The van der Waals surface area contributed by atoms with Crippen molar-refractivity contribution >= 4 is 34.8 Å². The molecule has 1 saturated heterocycles. The molecule has 2 heterocycles. The van der Waals surface area contributed by atoms with E-state index in [0.29, 0.717) is 13.1 Å². The van der Waals surface area contributed by atoms with E-state index in [4.69, 9.17) is 23.2 Å². The number of amides is 1. The van der Waals surface area contributed by atoms with Crippen molar-refractivity contribution in [3.05, 3.63) is 56.4 Å². The molecule has 1 aliphatic rings. The van der Waals surface area contributed by atoms with Gasteiger partial charge in [0.25, 0.3) is 5.56 Å². The zero-order valence-corrected chi connectivity index (χ0v) is 15.3. The van der Waals surface area contributed by atoms with Gasteiger partial charge in [-0.25, -0.2) is 4.68 Å². The lowest BCUT2D eigenvalue weighted by Gasteiger charge is -2.36. The Balaban J connectivity index is 1.62. The summed E-state index contributed by atoms with van der Waals surface area (Å²) < 4.78 is 1.05. The minimum atomic E-state index is -0.555. The Morgan fingerprint density at radius 2 is 1.92 bits per heavy atom. The Bertz CT molecular complexity index is 845. The maximum absolute atomic E-state index is 12.4. The summed E-state index contributed by atoms with van der Waals surface area (Å²) in [5.74, 6) is -0.156. The second-order valence-electron chi connectivity index (χ2n) is 5.98. The van der Waals surface area contributed by atoms with Gasteiger partial charge in [0.15, 0.2) is 0 Å². The van der Waals surface area contributed by atoms with Crippen LogP contribution in [0.4, 0.5) is 5.69 Å². The molecule has 0 N–H and O–H groups in total. The average Bonchev–Trinajstić information content (AvgIpc) is 2.62. The van der Waals surface area contributed by atoms with Crippen molar-refractivity contribution in [3.8, 4) is 0 Å². The molecule has 1 fully saturated rings. The van der Waals surface area contributed by atoms with Gasteiger partial charge in [-0.2, -0.15) is 5.10 Å². The molecule has 8 heteroatoms. The summed E-state index contributed by atoms with van der Waals surface area (Å²) in [5.41, 5.74) is 1.82. The standard InChI is InChI=1S/C17H18Cl2N4O2/c1-12-3-2-4-13(9-12)21-5-7-22(8-6-21)15(24)11-23-17(25)16(19)14(18)10-20-23/h2-4,9-10H,5-8,11H2,1H3. The number of hydrogen-bond donors (Lipinski definition) is 0. The smallest absolute Gasteiger partial charge is 0.287 e. The van der Waals surface area contributed by atoms with Gasteiger partial charge >= 0.3 is 0 Å². The van der Waals surface area contributed by atoms with E-state index in [-0.39, 0.29) is 22.5 Å². The zero-order valence-electron chi connectivity index (χ0n) is 13.8. The predicted molar refractivity (Wildman–Crippen MR) is 98.5 cm³/mol. The van der Waals surface area contributed by atoms with Crippen molar-refractivity contribution in [2.24, 2.45) is 0 Å². The van der Waals surface area contributed by atoms with E-state index >= 15 is 0 Å². The molecule has 1 aliphatic heterocycles. The highest BCUT2D eigenvalue weighted by Crippen LogP contribution is 2.18. The minimum absolute atomic E-state index is 0.0853. The largest absolute Gasteiger partial charge is 0.368 e. The van der Waals surface area contributed by atoms with Crippen molar-refractivity contribution in [2.75, 3.05) is 31.1 Å². The van der Waals surface area contributed by atoms with Gasteiger partial charge in [0.2, 0.25) is 5.91 Å². The molecule has 0 unspecified atom stereocenters. The second kappa shape index (κ2) is 7.45. The van der Waals surface area contributed by atoms with E-state index in [0.717, 1.165) is 23.5 Å². The van der Waals surface area contributed by atoms with Gasteiger partial charge in [-0.1, -0.05) is 35.3 Å². The van der Waals surface area contributed by atoms with Crippen molar-refractivity contribution < 1.29 is 4.79 Å². The van der Waals surface area contributed by atoms with Gasteiger partial charge in [0.1, 0.15) is 11.6 Å². The molecule has 1 amide bonds. The highest BCUT2D eigenvalue weighted by atomic mass is 35.5. The third-order valence-corrected chi connectivity index (χ3v) is 4.98. The molecule has 2 aromatic rings. The number of hydrogen-bond acceptors (Lipinski definition) is 4. The predicted octanol–water partition coefficient (Wildman–Crippen LogP) is 2.21. The molecule has 6 nitrogen and oxygen atoms in total. The molecule has 0 radical (unpaired) electrons. The van der Waals surface area contributed by atoms with Crippen LogP contribution in [0, 0.1) is 6.92 Å². The van der Waals surface area contributed by atoms with E-state index in [2.05, 4.69) is 35.1 Å². The van der Waals surface area contributed by atoms with Crippen LogP contribution in [0.25, 0.3) is 0 Å². The minimum Gasteiger partial charge on any atom is -0.368 e. The topological polar surface area (TPSA) is 58.4 Å². The Hall–Kier alpha value is -2.05. The Labute approximate surface area is 155 Å². The lowest BCUT2D eigenvalue weighted by Crippen LogP contribution is -2.50. The Morgan fingerprint density at radius 1 is 1.20 bits per heavy atom. The number of nitrogens with zero attached hydrogens (tertiary/aromatic N) is 4. The molecule has 132 valence electrons. The zero-order chi connectivity index (χ0) is 18.0. The second-order valence-corrected chi connectivity index (χ2v) is 6.76. The SMILES string of the molecule is Cc1cccc(N2CCN(C(=O)Cn3ncc(Cl)c(Cl)c3=O)CC2)c1. The first-order chi connectivity index (χ1) is 12.0.